The number of anilines is 1. The molecular weight excluding hydrogens is 308 g/mol. The van der Waals surface area contributed by atoms with Gasteiger partial charge in [-0.1, -0.05) is 22.9 Å². The molecule has 1 aromatic rings. The monoisotopic (exact) mass is 326 g/mol. The average molecular weight is 327 g/mol. The fourth-order valence-electron chi connectivity index (χ4n) is 1.66. The summed E-state index contributed by atoms with van der Waals surface area (Å²) in [6.45, 7) is 4.58. The van der Waals surface area contributed by atoms with Gasteiger partial charge in [-0.25, -0.2) is 0 Å². The Morgan fingerprint density at radius 1 is 1.26 bits per heavy atom. The molecule has 4 nitrogen and oxygen atoms in total. The van der Waals surface area contributed by atoms with Gasteiger partial charge in [0.2, 0.25) is 11.8 Å². The van der Waals surface area contributed by atoms with Crippen molar-refractivity contribution in [2.45, 2.75) is 26.7 Å². The second kappa shape index (κ2) is 7.94. The maximum atomic E-state index is 11.6. The van der Waals surface area contributed by atoms with Gasteiger partial charge in [0.1, 0.15) is 0 Å². The number of nitrogens with zero attached hydrogens (tertiary/aromatic N) is 1. The van der Waals surface area contributed by atoms with Crippen molar-refractivity contribution in [2.75, 3.05) is 18.0 Å². The Morgan fingerprint density at radius 2 is 1.89 bits per heavy atom. The van der Waals surface area contributed by atoms with Crippen molar-refractivity contribution in [2.24, 2.45) is 0 Å². The van der Waals surface area contributed by atoms with Gasteiger partial charge in [-0.2, -0.15) is 0 Å². The molecular formula is C14H19BrN2O2. The molecule has 2 amide bonds. The zero-order valence-corrected chi connectivity index (χ0v) is 12.9. The summed E-state index contributed by atoms with van der Waals surface area (Å²) in [4.78, 5) is 24.8. The molecule has 0 aromatic heterocycles. The number of carbonyl (C=O) groups excluding carboxylic acids is 2. The summed E-state index contributed by atoms with van der Waals surface area (Å²) in [6.07, 6.45) is 1.23. The summed E-state index contributed by atoms with van der Waals surface area (Å²) in [5.41, 5.74) is 0.805. The third-order valence-corrected chi connectivity index (χ3v) is 3.18. The highest BCUT2D eigenvalue weighted by atomic mass is 79.9. The molecule has 1 aromatic carbocycles. The van der Waals surface area contributed by atoms with Gasteiger partial charge >= 0.3 is 0 Å². The summed E-state index contributed by atoms with van der Waals surface area (Å²) in [5.74, 6) is -0.0872. The molecule has 1 N–H and O–H groups in total. The lowest BCUT2D eigenvalue weighted by Crippen LogP contribution is -2.34. The predicted molar refractivity (Wildman–Crippen MR) is 80.1 cm³/mol. The van der Waals surface area contributed by atoms with Crippen LogP contribution in [0.3, 0.4) is 0 Å². The minimum absolute atomic E-state index is 0.0230. The van der Waals surface area contributed by atoms with Gasteiger partial charge in [0.05, 0.1) is 0 Å². The molecule has 104 valence electrons. The maximum Gasteiger partial charge on any atom is 0.223 e. The van der Waals surface area contributed by atoms with Crippen molar-refractivity contribution >= 4 is 33.4 Å². The number of hydrogen-bond acceptors (Lipinski definition) is 2. The van der Waals surface area contributed by atoms with Crippen molar-refractivity contribution in [1.82, 2.24) is 5.32 Å². The second-order valence-electron chi connectivity index (χ2n) is 4.25. The first-order valence-corrected chi connectivity index (χ1v) is 7.14. The molecule has 0 atom stereocenters. The van der Waals surface area contributed by atoms with Crippen LogP contribution in [0.4, 0.5) is 5.69 Å². The average Bonchev–Trinajstić information content (AvgIpc) is 2.38. The van der Waals surface area contributed by atoms with E-state index >= 15 is 0 Å². The molecule has 0 fully saturated rings. The lowest BCUT2D eigenvalue weighted by molar-refractivity contribution is -0.121. The summed E-state index contributed by atoms with van der Waals surface area (Å²) in [6, 6.07) is 7.47. The summed E-state index contributed by atoms with van der Waals surface area (Å²) in [7, 11) is 0. The van der Waals surface area contributed by atoms with E-state index in [2.05, 4.69) is 21.2 Å². The topological polar surface area (TPSA) is 49.4 Å². The molecule has 0 radical (unpaired) electrons. The number of halogens is 1. The van der Waals surface area contributed by atoms with E-state index in [1.54, 1.807) is 4.90 Å². The highest BCUT2D eigenvalue weighted by Crippen LogP contribution is 2.18. The number of rotatable bonds is 6. The Bertz CT molecular complexity index is 432. The van der Waals surface area contributed by atoms with Crippen molar-refractivity contribution < 1.29 is 9.59 Å². The molecule has 0 spiro atoms. The third kappa shape index (κ3) is 5.42. The van der Waals surface area contributed by atoms with E-state index in [1.807, 2.05) is 31.2 Å². The summed E-state index contributed by atoms with van der Waals surface area (Å²) >= 11 is 3.35. The third-order valence-electron chi connectivity index (χ3n) is 2.65. The van der Waals surface area contributed by atoms with Gasteiger partial charge in [-0.05, 0) is 30.7 Å². The Morgan fingerprint density at radius 3 is 2.42 bits per heavy atom. The molecule has 0 aliphatic rings. The highest BCUT2D eigenvalue weighted by molar-refractivity contribution is 9.10. The van der Waals surface area contributed by atoms with Gasteiger partial charge in [0.25, 0.3) is 0 Å². The lowest BCUT2D eigenvalue weighted by Gasteiger charge is -2.21. The minimum atomic E-state index is -0.0642. The van der Waals surface area contributed by atoms with Crippen LogP contribution in [-0.2, 0) is 9.59 Å². The van der Waals surface area contributed by atoms with Gasteiger partial charge in [-0.15, -0.1) is 0 Å². The number of benzene rings is 1. The molecule has 5 heteroatoms. The first-order chi connectivity index (χ1) is 9.04. The molecule has 0 aliphatic heterocycles. The van der Waals surface area contributed by atoms with Gasteiger partial charge in [-0.3, -0.25) is 9.59 Å². The van der Waals surface area contributed by atoms with Crippen LogP contribution in [-0.4, -0.2) is 24.9 Å². The van der Waals surface area contributed by atoms with Crippen LogP contribution in [0.15, 0.2) is 28.7 Å². The molecule has 0 bridgehead atoms. The molecule has 19 heavy (non-hydrogen) atoms. The zero-order chi connectivity index (χ0) is 14.3. The van der Waals surface area contributed by atoms with E-state index in [4.69, 9.17) is 0 Å². The van der Waals surface area contributed by atoms with Crippen molar-refractivity contribution in [3.05, 3.63) is 28.7 Å². The second-order valence-corrected chi connectivity index (χ2v) is 5.16. The molecule has 0 unspecified atom stereocenters. The van der Waals surface area contributed by atoms with Gasteiger partial charge < -0.3 is 10.2 Å². The summed E-state index contributed by atoms with van der Waals surface area (Å²) < 4.78 is 0.959. The Balaban J connectivity index is 2.61. The Hall–Kier alpha value is -1.36. The largest absolute Gasteiger partial charge is 0.356 e. The molecule has 0 saturated carbocycles. The van der Waals surface area contributed by atoms with Crippen LogP contribution in [0.2, 0.25) is 0 Å². The Labute approximate surface area is 122 Å². The molecule has 0 aliphatic carbocycles. The smallest absolute Gasteiger partial charge is 0.223 e. The first-order valence-electron chi connectivity index (χ1n) is 6.35. The maximum absolute atomic E-state index is 11.6. The van der Waals surface area contributed by atoms with E-state index in [1.165, 1.54) is 6.92 Å². The SMILES string of the molecule is CCCNC(=O)CCN(C(C)=O)c1ccc(Br)cc1. The number of amides is 2. The standard InChI is InChI=1S/C14H19BrN2O2/c1-3-9-16-14(19)8-10-17(11(2)18)13-6-4-12(15)5-7-13/h4-7H,3,8-10H2,1-2H3,(H,16,19). The van der Waals surface area contributed by atoms with Gasteiger partial charge in [0.15, 0.2) is 0 Å². The number of nitrogens with one attached hydrogen (secondary N) is 1. The van der Waals surface area contributed by atoms with Crippen LogP contribution >= 0.6 is 15.9 Å². The van der Waals surface area contributed by atoms with Crippen LogP contribution in [0, 0.1) is 0 Å². The predicted octanol–water partition coefficient (Wildman–Crippen LogP) is 2.72. The summed E-state index contributed by atoms with van der Waals surface area (Å²) in [5, 5.41) is 2.80. The molecule has 1 rings (SSSR count). The highest BCUT2D eigenvalue weighted by Gasteiger charge is 2.12. The van der Waals surface area contributed by atoms with E-state index in [9.17, 15) is 9.59 Å². The van der Waals surface area contributed by atoms with Crippen molar-refractivity contribution in [1.29, 1.82) is 0 Å². The zero-order valence-electron chi connectivity index (χ0n) is 11.3. The fraction of sp³-hybridized carbons (Fsp3) is 0.429. The Kier molecular flexibility index (Phi) is 6.56. The molecule has 0 saturated heterocycles. The minimum Gasteiger partial charge on any atom is -0.356 e. The quantitative estimate of drug-likeness (QED) is 0.873. The lowest BCUT2D eigenvalue weighted by atomic mass is 10.2. The van der Waals surface area contributed by atoms with Crippen LogP contribution in [0.25, 0.3) is 0 Å². The van der Waals surface area contributed by atoms with Crippen LogP contribution in [0.1, 0.15) is 26.7 Å². The normalized spacial score (nSPS) is 10.1. The van der Waals surface area contributed by atoms with Crippen LogP contribution < -0.4 is 10.2 Å². The first kappa shape index (κ1) is 15.7. The fourth-order valence-corrected chi connectivity index (χ4v) is 1.92. The van der Waals surface area contributed by atoms with E-state index < -0.39 is 0 Å². The van der Waals surface area contributed by atoms with E-state index in [0.29, 0.717) is 19.5 Å². The van der Waals surface area contributed by atoms with Crippen molar-refractivity contribution in [3.8, 4) is 0 Å². The van der Waals surface area contributed by atoms with Gasteiger partial charge in [0, 0.05) is 36.6 Å². The van der Waals surface area contributed by atoms with E-state index in [-0.39, 0.29) is 11.8 Å². The van der Waals surface area contributed by atoms with Crippen LogP contribution in [0.5, 0.6) is 0 Å². The molecule has 0 heterocycles. The number of carbonyl (C=O) groups is 2. The number of hydrogen-bond donors (Lipinski definition) is 1. The van der Waals surface area contributed by atoms with Crippen molar-refractivity contribution in [3.63, 3.8) is 0 Å². The van der Waals surface area contributed by atoms with E-state index in [0.717, 1.165) is 16.6 Å².